The van der Waals surface area contributed by atoms with Gasteiger partial charge in [-0.1, -0.05) is 18.9 Å². The maximum absolute atomic E-state index is 12.7. The molecule has 3 unspecified atom stereocenters. The Morgan fingerprint density at radius 3 is 2.54 bits per heavy atom. The van der Waals surface area contributed by atoms with E-state index in [1.807, 2.05) is 45.9 Å². The average Bonchev–Trinajstić information content (AvgIpc) is 2.56. The molecule has 0 bridgehead atoms. The van der Waals surface area contributed by atoms with Crippen molar-refractivity contribution in [3.8, 4) is 11.5 Å². The van der Waals surface area contributed by atoms with Crippen LogP contribution in [-0.2, 0) is 4.79 Å². The summed E-state index contributed by atoms with van der Waals surface area (Å²) in [5.74, 6) is 1.36. The first-order chi connectivity index (χ1) is 11.9. The van der Waals surface area contributed by atoms with Crippen LogP contribution in [0.3, 0.4) is 0 Å². The Labute approximate surface area is 163 Å². The van der Waals surface area contributed by atoms with Crippen LogP contribution in [0.5, 0.6) is 11.5 Å². The van der Waals surface area contributed by atoms with Gasteiger partial charge in [0.2, 0.25) is 5.91 Å². The molecule has 1 amide bonds. The van der Waals surface area contributed by atoms with E-state index in [0.29, 0.717) is 19.0 Å². The number of rotatable bonds is 7. The first-order valence-corrected chi connectivity index (χ1v) is 9.37. The van der Waals surface area contributed by atoms with E-state index in [1.54, 1.807) is 0 Å². The van der Waals surface area contributed by atoms with Gasteiger partial charge >= 0.3 is 0 Å². The third-order valence-electron chi connectivity index (χ3n) is 5.00. The monoisotopic (exact) mass is 384 g/mol. The highest BCUT2D eigenvalue weighted by atomic mass is 35.5. The fourth-order valence-corrected chi connectivity index (χ4v) is 3.52. The largest absolute Gasteiger partial charge is 0.490 e. The molecule has 2 rings (SSSR count). The fraction of sp³-hybridized carbons (Fsp3) is 0.650. The Hall–Kier alpha value is -1.46. The molecule has 0 radical (unpaired) electrons. The summed E-state index contributed by atoms with van der Waals surface area (Å²) in [6.45, 7) is 9.02. The van der Waals surface area contributed by atoms with E-state index in [4.69, 9.17) is 15.2 Å². The van der Waals surface area contributed by atoms with Crippen LogP contribution in [0, 0.1) is 5.92 Å². The van der Waals surface area contributed by atoms with Crippen LogP contribution in [0.15, 0.2) is 18.2 Å². The summed E-state index contributed by atoms with van der Waals surface area (Å²) in [5.41, 5.74) is 6.93. The molecule has 0 spiro atoms. The van der Waals surface area contributed by atoms with Gasteiger partial charge in [0.15, 0.2) is 11.5 Å². The molecule has 0 heterocycles. The molecule has 1 fully saturated rings. The highest BCUT2D eigenvalue weighted by Gasteiger charge is 2.38. The number of carbonyl (C=O) groups is 1. The van der Waals surface area contributed by atoms with E-state index in [9.17, 15) is 4.79 Å². The van der Waals surface area contributed by atoms with Crippen molar-refractivity contribution in [1.29, 1.82) is 0 Å². The van der Waals surface area contributed by atoms with Crippen molar-refractivity contribution in [2.24, 2.45) is 11.7 Å². The van der Waals surface area contributed by atoms with Crippen molar-refractivity contribution >= 4 is 18.3 Å². The van der Waals surface area contributed by atoms with Crippen LogP contribution in [0.4, 0.5) is 0 Å². The minimum Gasteiger partial charge on any atom is -0.490 e. The molecular formula is C20H33ClN2O3. The lowest BCUT2D eigenvalue weighted by Crippen LogP contribution is -2.53. The van der Waals surface area contributed by atoms with Gasteiger partial charge in [-0.05, 0) is 58.2 Å². The smallest absolute Gasteiger partial charge is 0.225 e. The van der Waals surface area contributed by atoms with Crippen molar-refractivity contribution in [2.45, 2.75) is 65.0 Å². The van der Waals surface area contributed by atoms with Gasteiger partial charge in [-0.25, -0.2) is 0 Å². The molecule has 1 aromatic carbocycles. The molecule has 26 heavy (non-hydrogen) atoms. The summed E-state index contributed by atoms with van der Waals surface area (Å²) >= 11 is 0. The van der Waals surface area contributed by atoms with Crippen LogP contribution in [0.2, 0.25) is 0 Å². The van der Waals surface area contributed by atoms with E-state index in [2.05, 4.69) is 5.32 Å². The van der Waals surface area contributed by atoms with Gasteiger partial charge in [0.05, 0.1) is 25.2 Å². The first-order valence-electron chi connectivity index (χ1n) is 9.37. The molecular weight excluding hydrogens is 352 g/mol. The lowest BCUT2D eigenvalue weighted by molar-refractivity contribution is -0.128. The first kappa shape index (κ1) is 22.6. The molecule has 1 aromatic rings. The Morgan fingerprint density at radius 1 is 1.27 bits per heavy atom. The van der Waals surface area contributed by atoms with Crippen LogP contribution in [0.1, 0.15) is 65.0 Å². The van der Waals surface area contributed by atoms with Crippen molar-refractivity contribution in [3.63, 3.8) is 0 Å². The van der Waals surface area contributed by atoms with Crippen LogP contribution >= 0.6 is 12.4 Å². The number of ether oxygens (including phenoxy) is 2. The van der Waals surface area contributed by atoms with E-state index >= 15 is 0 Å². The second-order valence-corrected chi connectivity index (χ2v) is 7.11. The summed E-state index contributed by atoms with van der Waals surface area (Å²) in [4.78, 5) is 12.7. The SMILES string of the molecule is CCOc1ccc(C(C)NC(=O)C2CCCCC2(C)N)cc1OCC.Cl. The molecule has 3 atom stereocenters. The van der Waals surface area contributed by atoms with Crippen LogP contribution in [-0.4, -0.2) is 24.7 Å². The second kappa shape index (κ2) is 10.0. The predicted octanol–water partition coefficient (Wildman–Crippen LogP) is 3.99. The normalized spacial score (nSPS) is 23.5. The molecule has 6 heteroatoms. The van der Waals surface area contributed by atoms with E-state index in [0.717, 1.165) is 37.0 Å². The summed E-state index contributed by atoms with van der Waals surface area (Å²) < 4.78 is 11.3. The van der Waals surface area contributed by atoms with Gasteiger partial charge in [0.25, 0.3) is 0 Å². The Bertz CT molecular complexity index is 592. The predicted molar refractivity (Wildman–Crippen MR) is 107 cm³/mol. The van der Waals surface area contributed by atoms with Crippen molar-refractivity contribution in [2.75, 3.05) is 13.2 Å². The summed E-state index contributed by atoms with van der Waals surface area (Å²) in [6.07, 6.45) is 3.93. The number of carbonyl (C=O) groups excluding carboxylic acids is 1. The number of halogens is 1. The Balaban J connectivity index is 0.00000338. The lowest BCUT2D eigenvalue weighted by atomic mass is 9.74. The quantitative estimate of drug-likeness (QED) is 0.745. The third-order valence-corrected chi connectivity index (χ3v) is 5.00. The van der Waals surface area contributed by atoms with Gasteiger partial charge in [0.1, 0.15) is 0 Å². The Kier molecular flexibility index (Phi) is 8.71. The van der Waals surface area contributed by atoms with Crippen LogP contribution < -0.4 is 20.5 Å². The summed E-state index contributed by atoms with van der Waals surface area (Å²) in [6, 6.07) is 5.71. The zero-order chi connectivity index (χ0) is 18.4. The average molecular weight is 385 g/mol. The topological polar surface area (TPSA) is 73.6 Å². The minimum absolute atomic E-state index is 0. The molecule has 5 nitrogen and oxygen atoms in total. The fourth-order valence-electron chi connectivity index (χ4n) is 3.52. The highest BCUT2D eigenvalue weighted by Crippen LogP contribution is 2.33. The molecule has 1 saturated carbocycles. The van der Waals surface area contributed by atoms with Gasteiger partial charge in [-0.3, -0.25) is 4.79 Å². The lowest BCUT2D eigenvalue weighted by Gasteiger charge is -2.37. The second-order valence-electron chi connectivity index (χ2n) is 7.11. The molecule has 0 saturated heterocycles. The standard InChI is InChI=1S/C20H32N2O3.ClH/c1-5-24-17-11-10-15(13-18(17)25-6-2)14(3)22-19(23)16-9-7-8-12-20(16,4)21;/h10-11,13-14,16H,5-9,12,21H2,1-4H3,(H,22,23);1H. The number of benzene rings is 1. The third kappa shape index (κ3) is 5.52. The number of nitrogens with two attached hydrogens (primary N) is 1. The van der Waals surface area contributed by atoms with Crippen LogP contribution in [0.25, 0.3) is 0 Å². The number of nitrogens with one attached hydrogen (secondary N) is 1. The zero-order valence-electron chi connectivity index (χ0n) is 16.3. The minimum atomic E-state index is -0.419. The van der Waals surface area contributed by atoms with E-state index in [-0.39, 0.29) is 30.3 Å². The molecule has 0 aliphatic heterocycles. The number of hydrogen-bond acceptors (Lipinski definition) is 4. The highest BCUT2D eigenvalue weighted by molar-refractivity contribution is 5.85. The van der Waals surface area contributed by atoms with Crippen molar-refractivity contribution in [1.82, 2.24) is 5.32 Å². The molecule has 148 valence electrons. The van der Waals surface area contributed by atoms with Gasteiger partial charge < -0.3 is 20.5 Å². The summed E-state index contributed by atoms with van der Waals surface area (Å²) in [7, 11) is 0. The summed E-state index contributed by atoms with van der Waals surface area (Å²) in [5, 5.41) is 3.13. The number of hydrogen-bond donors (Lipinski definition) is 2. The Morgan fingerprint density at radius 2 is 1.92 bits per heavy atom. The maximum Gasteiger partial charge on any atom is 0.225 e. The van der Waals surface area contributed by atoms with Crippen molar-refractivity contribution < 1.29 is 14.3 Å². The zero-order valence-corrected chi connectivity index (χ0v) is 17.2. The van der Waals surface area contributed by atoms with Gasteiger partial charge in [-0.15, -0.1) is 12.4 Å². The maximum atomic E-state index is 12.7. The van der Waals surface area contributed by atoms with E-state index in [1.165, 1.54) is 0 Å². The molecule has 1 aliphatic rings. The number of amides is 1. The van der Waals surface area contributed by atoms with Crippen molar-refractivity contribution in [3.05, 3.63) is 23.8 Å². The van der Waals surface area contributed by atoms with Gasteiger partial charge in [-0.2, -0.15) is 0 Å². The molecule has 1 aliphatic carbocycles. The van der Waals surface area contributed by atoms with Gasteiger partial charge in [0, 0.05) is 5.54 Å². The molecule has 3 N–H and O–H groups in total. The molecule has 0 aromatic heterocycles. The van der Waals surface area contributed by atoms with E-state index < -0.39 is 5.54 Å².